The van der Waals surface area contributed by atoms with Crippen LogP contribution in [0.15, 0.2) is 0 Å². The smallest absolute Gasteiger partial charge is 0.303 e. The van der Waals surface area contributed by atoms with Crippen LogP contribution < -0.4 is 0 Å². The zero-order valence-corrected chi connectivity index (χ0v) is 6.51. The Morgan fingerprint density at radius 2 is 1.20 bits per heavy atom. The first kappa shape index (κ1) is 6.66. The van der Waals surface area contributed by atoms with Crippen LogP contribution >= 0.6 is 56.8 Å². The average Bonchev–Trinajstić information content (AvgIpc) is 0.722. The molecule has 0 amide bonds. The molecule has 0 aromatic carbocycles. The van der Waals surface area contributed by atoms with Crippen molar-refractivity contribution in [1.29, 1.82) is 0 Å². The first-order chi connectivity index (χ1) is 2.00. The van der Waals surface area contributed by atoms with Crippen molar-refractivity contribution in [2.75, 3.05) is 0 Å². The molecule has 0 rings (SSSR count). The maximum absolute atomic E-state index is 5.11. The SMILES string of the molecule is Cl[B-](Cl)(Cl)I. The Bertz CT molecular complexity index is 22.4. The molecule has 5 heavy (non-hydrogen) atoms. The van der Waals surface area contributed by atoms with Crippen molar-refractivity contribution in [1.82, 2.24) is 0 Å². The van der Waals surface area contributed by atoms with Gasteiger partial charge in [-0.3, -0.25) is 22.4 Å². The van der Waals surface area contributed by atoms with Crippen LogP contribution in [0.1, 0.15) is 0 Å². The van der Waals surface area contributed by atoms with E-state index >= 15 is 0 Å². The van der Waals surface area contributed by atoms with Gasteiger partial charge in [0.25, 0.3) is 0 Å². The van der Waals surface area contributed by atoms with Gasteiger partial charge in [-0.25, -0.2) is 0 Å². The highest BCUT2D eigenvalue weighted by atomic mass is 127. The van der Waals surface area contributed by atoms with E-state index in [1.54, 1.807) is 22.4 Å². The second kappa shape index (κ2) is 2.10. The summed E-state index contributed by atoms with van der Waals surface area (Å²) in [4.78, 5) is 0. The van der Waals surface area contributed by atoms with Crippen LogP contribution in [0.2, 0.25) is 0 Å². The molecule has 0 nitrogen and oxygen atoms in total. The summed E-state index contributed by atoms with van der Waals surface area (Å²) in [5, 5.41) is 0. The molecule has 0 aliphatic rings. The van der Waals surface area contributed by atoms with Crippen molar-refractivity contribution in [3.63, 3.8) is 0 Å². The predicted molar refractivity (Wildman–Crippen MR) is 37.3 cm³/mol. The molecular weight excluding hydrogens is 244 g/mol. The summed E-state index contributed by atoms with van der Waals surface area (Å²) in [5.74, 6) is 0. The summed E-state index contributed by atoms with van der Waals surface area (Å²) in [6.45, 7) is 0. The van der Waals surface area contributed by atoms with Crippen molar-refractivity contribution in [3.8, 4) is 0 Å². The molecule has 5 heteroatoms. The molecule has 0 atom stereocenters. The first-order valence-corrected chi connectivity index (χ1v) is 3.43. The summed E-state index contributed by atoms with van der Waals surface area (Å²) in [6.07, 6.45) is 0. The van der Waals surface area contributed by atoms with Gasteiger partial charge in [-0.1, -0.05) is 0 Å². The minimum atomic E-state index is -1.61. The van der Waals surface area contributed by atoms with Gasteiger partial charge in [0.05, 0.1) is 0 Å². The van der Waals surface area contributed by atoms with Gasteiger partial charge in [0.15, 0.2) is 0 Å². The Morgan fingerprint density at radius 3 is 1.20 bits per heavy atom. The minimum absolute atomic E-state index is 1.61. The lowest BCUT2D eigenvalue weighted by Gasteiger charge is -2.03. The summed E-state index contributed by atoms with van der Waals surface area (Å²) in [5.41, 5.74) is 0. The topological polar surface area (TPSA) is 0 Å². The minimum Gasteiger partial charge on any atom is -0.338 e. The Morgan fingerprint density at radius 1 is 1.20 bits per heavy atom. The second-order valence-corrected chi connectivity index (χ2v) is 7.21. The Hall–Kier alpha value is 1.66. The van der Waals surface area contributed by atoms with Crippen LogP contribution in [0, 0.1) is 0 Å². The predicted octanol–water partition coefficient (Wildman–Crippen LogP) is 2.57. The monoisotopic (exact) mass is 243 g/mol. The normalized spacial score (nSPS) is 12.0. The van der Waals surface area contributed by atoms with E-state index in [4.69, 9.17) is 34.4 Å². The van der Waals surface area contributed by atoms with Crippen LogP contribution in [-0.4, -0.2) is 2.25 Å². The maximum atomic E-state index is 5.11. The van der Waals surface area contributed by atoms with E-state index in [1.165, 1.54) is 0 Å². The van der Waals surface area contributed by atoms with E-state index in [-0.39, 0.29) is 0 Å². The maximum Gasteiger partial charge on any atom is 0.303 e. The molecule has 32 valence electrons. The number of rotatable bonds is 0. The van der Waals surface area contributed by atoms with Crippen LogP contribution in [-0.2, 0) is 0 Å². The molecule has 0 aromatic heterocycles. The molecule has 0 radical (unpaired) electrons. The number of hydrogen-bond acceptors (Lipinski definition) is 0. The molecular formula is BCl3I-. The number of halogens is 4. The zero-order chi connectivity index (χ0) is 4.50. The third-order valence-electron chi connectivity index (χ3n) is 0. The van der Waals surface area contributed by atoms with Gasteiger partial charge in [0, 0.05) is 0 Å². The third kappa shape index (κ3) is 27.4. The molecule has 0 bridgehead atoms. The highest BCUT2D eigenvalue weighted by Gasteiger charge is 2.01. The van der Waals surface area contributed by atoms with Gasteiger partial charge in [-0.2, -0.15) is 0 Å². The van der Waals surface area contributed by atoms with E-state index in [9.17, 15) is 0 Å². The van der Waals surface area contributed by atoms with E-state index in [2.05, 4.69) is 0 Å². The lowest BCUT2D eigenvalue weighted by molar-refractivity contribution is 4.02. The van der Waals surface area contributed by atoms with E-state index < -0.39 is 2.25 Å². The molecule has 0 saturated heterocycles. The van der Waals surface area contributed by atoms with E-state index in [0.717, 1.165) is 0 Å². The molecule has 0 saturated carbocycles. The zero-order valence-electron chi connectivity index (χ0n) is 2.09. The van der Waals surface area contributed by atoms with Gasteiger partial charge < -0.3 is 34.4 Å². The fraction of sp³-hybridized carbons (Fsp3) is 0. The Kier molecular flexibility index (Phi) is 2.80. The lowest BCUT2D eigenvalue weighted by Crippen LogP contribution is -1.90. The van der Waals surface area contributed by atoms with Crippen molar-refractivity contribution >= 4 is 59.0 Å². The van der Waals surface area contributed by atoms with Gasteiger partial charge in [-0.15, -0.1) is 0 Å². The van der Waals surface area contributed by atoms with Crippen molar-refractivity contribution in [2.45, 2.75) is 0 Å². The summed E-state index contributed by atoms with van der Waals surface area (Å²) < 4.78 is -1.61. The molecule has 0 spiro atoms. The van der Waals surface area contributed by atoms with Gasteiger partial charge in [0.1, 0.15) is 0 Å². The average molecular weight is 244 g/mol. The quantitative estimate of drug-likeness (QED) is 0.453. The summed E-state index contributed by atoms with van der Waals surface area (Å²) >= 11 is 17.1. The van der Waals surface area contributed by atoms with Crippen molar-refractivity contribution in [3.05, 3.63) is 0 Å². The van der Waals surface area contributed by atoms with E-state index in [1.807, 2.05) is 0 Å². The third-order valence-corrected chi connectivity index (χ3v) is 0. The molecule has 0 aliphatic heterocycles. The molecule has 0 heterocycles. The molecule has 0 unspecified atom stereocenters. The standard InChI is InChI=1S/BCl3I/c2-1(3,4)5/q-1. The lowest BCUT2D eigenvalue weighted by atomic mass is 10.7. The fourth-order valence-corrected chi connectivity index (χ4v) is 0. The van der Waals surface area contributed by atoms with Crippen LogP contribution in [0.25, 0.3) is 0 Å². The number of hydrogen-bond donors (Lipinski definition) is 0. The summed E-state index contributed by atoms with van der Waals surface area (Å²) in [6, 6.07) is 0. The van der Waals surface area contributed by atoms with Crippen LogP contribution in [0.5, 0.6) is 0 Å². The van der Waals surface area contributed by atoms with E-state index in [0.29, 0.717) is 0 Å². The largest absolute Gasteiger partial charge is 0.338 e. The Balaban J connectivity index is 3.02. The molecule has 0 aliphatic carbocycles. The first-order valence-electron chi connectivity index (χ1n) is 0.873. The van der Waals surface area contributed by atoms with Crippen molar-refractivity contribution in [2.24, 2.45) is 0 Å². The van der Waals surface area contributed by atoms with Crippen LogP contribution in [0.3, 0.4) is 0 Å². The Labute approximate surface area is 58.7 Å². The molecule has 0 fully saturated rings. The van der Waals surface area contributed by atoms with Gasteiger partial charge in [-0.05, 0) is 0 Å². The molecule has 0 N–H and O–H groups in total. The highest BCUT2D eigenvalue weighted by Crippen LogP contribution is 2.26. The summed E-state index contributed by atoms with van der Waals surface area (Å²) in [7, 11) is 0. The highest BCUT2D eigenvalue weighted by molar-refractivity contribution is 14.1. The second-order valence-electron chi connectivity index (χ2n) is 0.495. The molecule has 0 aromatic rings. The van der Waals surface area contributed by atoms with Gasteiger partial charge >= 0.3 is 2.25 Å². The van der Waals surface area contributed by atoms with Gasteiger partial charge in [0.2, 0.25) is 0 Å². The van der Waals surface area contributed by atoms with Crippen LogP contribution in [0.4, 0.5) is 0 Å². The fourth-order valence-electron chi connectivity index (χ4n) is 0. The van der Waals surface area contributed by atoms with Crippen molar-refractivity contribution < 1.29 is 0 Å².